The first-order valence-electron chi connectivity index (χ1n) is 8.05. The molecule has 1 saturated heterocycles. The van der Waals surface area contributed by atoms with Gasteiger partial charge in [0, 0.05) is 11.9 Å². The van der Waals surface area contributed by atoms with Gasteiger partial charge >= 0.3 is 0 Å². The number of ether oxygens (including phenoxy) is 2. The molecule has 0 aliphatic carbocycles. The van der Waals surface area contributed by atoms with Crippen LogP contribution in [0.25, 0.3) is 0 Å². The zero-order chi connectivity index (χ0) is 13.9. The van der Waals surface area contributed by atoms with E-state index in [1.54, 1.807) is 0 Å². The molecule has 0 radical (unpaired) electrons. The zero-order valence-corrected chi connectivity index (χ0v) is 14.3. The molecule has 19 heavy (non-hydrogen) atoms. The summed E-state index contributed by atoms with van der Waals surface area (Å²) < 4.78 is 11.7. The zero-order valence-electron chi connectivity index (χ0n) is 12.7. The summed E-state index contributed by atoms with van der Waals surface area (Å²) in [5.74, 6) is 0. The molecule has 0 aromatic heterocycles. The molecule has 0 aromatic rings. The summed E-state index contributed by atoms with van der Waals surface area (Å²) in [7, 11) is 0. The Balaban J connectivity index is 1.87. The second-order valence-corrected chi connectivity index (χ2v) is 6.68. The first kappa shape index (κ1) is 17.5. The van der Waals surface area contributed by atoms with Crippen LogP contribution in [-0.2, 0) is 9.47 Å². The molecule has 1 rings (SSSR count). The van der Waals surface area contributed by atoms with Crippen LogP contribution in [0.4, 0.5) is 0 Å². The molecule has 1 aliphatic heterocycles. The summed E-state index contributed by atoms with van der Waals surface area (Å²) in [6, 6.07) is 0. The predicted octanol–water partition coefficient (Wildman–Crippen LogP) is 5.08. The third-order valence-electron chi connectivity index (χ3n) is 3.79. The van der Waals surface area contributed by atoms with E-state index in [0.717, 1.165) is 24.8 Å². The van der Waals surface area contributed by atoms with Crippen molar-refractivity contribution in [3.8, 4) is 0 Å². The molecule has 2 nitrogen and oxygen atoms in total. The Hall–Kier alpha value is 0.400. The molecule has 0 N–H and O–H groups in total. The first-order valence-corrected chi connectivity index (χ1v) is 9.17. The number of halogens is 1. The van der Waals surface area contributed by atoms with E-state index in [2.05, 4.69) is 29.8 Å². The average molecular weight is 335 g/mol. The van der Waals surface area contributed by atoms with E-state index >= 15 is 0 Å². The molecule has 0 amide bonds. The van der Waals surface area contributed by atoms with Crippen molar-refractivity contribution in [3.63, 3.8) is 0 Å². The minimum absolute atomic E-state index is 0.364. The molecule has 114 valence electrons. The molecule has 0 bridgehead atoms. The Kier molecular flexibility index (Phi) is 10.2. The standard InChI is InChI=1S/C16H31BrO2/c1-14-12-16(13-15(2)19-14)18-11-9-7-5-3-4-6-8-10-17/h14-16H,3-13H2,1-2H3. The lowest BCUT2D eigenvalue weighted by molar-refractivity contribution is -0.102. The van der Waals surface area contributed by atoms with E-state index in [1.165, 1.54) is 44.9 Å². The van der Waals surface area contributed by atoms with Gasteiger partial charge in [-0.3, -0.25) is 0 Å². The van der Waals surface area contributed by atoms with E-state index in [4.69, 9.17) is 9.47 Å². The van der Waals surface area contributed by atoms with Gasteiger partial charge in [0.1, 0.15) is 0 Å². The van der Waals surface area contributed by atoms with Crippen molar-refractivity contribution < 1.29 is 9.47 Å². The van der Waals surface area contributed by atoms with Crippen LogP contribution in [0.3, 0.4) is 0 Å². The summed E-state index contributed by atoms with van der Waals surface area (Å²) in [6.45, 7) is 5.24. The van der Waals surface area contributed by atoms with Crippen LogP contribution in [-0.4, -0.2) is 30.2 Å². The minimum Gasteiger partial charge on any atom is -0.378 e. The van der Waals surface area contributed by atoms with Crippen molar-refractivity contribution in [2.45, 2.75) is 89.9 Å². The van der Waals surface area contributed by atoms with Gasteiger partial charge < -0.3 is 9.47 Å². The molecule has 2 unspecified atom stereocenters. The molecule has 2 atom stereocenters. The van der Waals surface area contributed by atoms with Gasteiger partial charge in [-0.2, -0.15) is 0 Å². The highest BCUT2D eigenvalue weighted by atomic mass is 79.9. The summed E-state index contributed by atoms with van der Waals surface area (Å²) in [5, 5.41) is 1.16. The van der Waals surface area contributed by atoms with Crippen molar-refractivity contribution in [1.82, 2.24) is 0 Å². The summed E-state index contributed by atoms with van der Waals surface area (Å²) >= 11 is 3.47. The van der Waals surface area contributed by atoms with Crippen LogP contribution in [0.2, 0.25) is 0 Å². The maximum Gasteiger partial charge on any atom is 0.0624 e. The third kappa shape index (κ3) is 9.04. The fraction of sp³-hybridized carbons (Fsp3) is 1.00. The van der Waals surface area contributed by atoms with Crippen LogP contribution in [0.5, 0.6) is 0 Å². The first-order chi connectivity index (χ1) is 9.22. The number of unbranched alkanes of at least 4 members (excludes halogenated alkanes) is 6. The Morgan fingerprint density at radius 1 is 0.895 bits per heavy atom. The third-order valence-corrected chi connectivity index (χ3v) is 4.35. The van der Waals surface area contributed by atoms with Crippen LogP contribution in [0.1, 0.15) is 71.6 Å². The van der Waals surface area contributed by atoms with Crippen LogP contribution < -0.4 is 0 Å². The molecular formula is C16H31BrO2. The van der Waals surface area contributed by atoms with Gasteiger partial charge in [0.15, 0.2) is 0 Å². The quantitative estimate of drug-likeness (QED) is 0.409. The molecule has 3 heteroatoms. The van der Waals surface area contributed by atoms with E-state index in [9.17, 15) is 0 Å². The maximum absolute atomic E-state index is 5.98. The topological polar surface area (TPSA) is 18.5 Å². The number of rotatable bonds is 10. The normalized spacial score (nSPS) is 27.6. The van der Waals surface area contributed by atoms with Gasteiger partial charge in [-0.15, -0.1) is 0 Å². The second kappa shape index (κ2) is 11.1. The smallest absolute Gasteiger partial charge is 0.0624 e. The van der Waals surface area contributed by atoms with Gasteiger partial charge in [-0.05, 0) is 39.5 Å². The molecular weight excluding hydrogens is 304 g/mol. The molecule has 0 spiro atoms. The lowest BCUT2D eigenvalue weighted by Crippen LogP contribution is -2.34. The Morgan fingerprint density at radius 2 is 1.42 bits per heavy atom. The van der Waals surface area contributed by atoms with E-state index in [-0.39, 0.29) is 0 Å². The van der Waals surface area contributed by atoms with Crippen LogP contribution in [0.15, 0.2) is 0 Å². The average Bonchev–Trinajstić information content (AvgIpc) is 2.36. The lowest BCUT2D eigenvalue weighted by atomic mass is 10.0. The van der Waals surface area contributed by atoms with Gasteiger partial charge in [0.2, 0.25) is 0 Å². The summed E-state index contributed by atoms with van der Waals surface area (Å²) in [4.78, 5) is 0. The molecule has 1 heterocycles. The largest absolute Gasteiger partial charge is 0.378 e. The highest BCUT2D eigenvalue weighted by Gasteiger charge is 2.24. The highest BCUT2D eigenvalue weighted by Crippen LogP contribution is 2.21. The lowest BCUT2D eigenvalue weighted by Gasteiger charge is -2.32. The van der Waals surface area contributed by atoms with Gasteiger partial charge in [-0.25, -0.2) is 0 Å². The van der Waals surface area contributed by atoms with Crippen molar-refractivity contribution >= 4 is 15.9 Å². The molecule has 0 saturated carbocycles. The summed E-state index contributed by atoms with van der Waals surface area (Å²) in [5.41, 5.74) is 0. The second-order valence-electron chi connectivity index (χ2n) is 5.89. The fourth-order valence-electron chi connectivity index (χ4n) is 2.81. The van der Waals surface area contributed by atoms with Gasteiger partial charge in [0.25, 0.3) is 0 Å². The highest BCUT2D eigenvalue weighted by molar-refractivity contribution is 9.09. The minimum atomic E-state index is 0.364. The maximum atomic E-state index is 5.98. The number of alkyl halides is 1. The molecule has 1 fully saturated rings. The van der Waals surface area contributed by atoms with Crippen LogP contribution >= 0.6 is 15.9 Å². The van der Waals surface area contributed by atoms with Crippen molar-refractivity contribution in [2.75, 3.05) is 11.9 Å². The monoisotopic (exact) mass is 334 g/mol. The van der Waals surface area contributed by atoms with E-state index in [0.29, 0.717) is 18.3 Å². The fourth-order valence-corrected chi connectivity index (χ4v) is 3.21. The SMILES string of the molecule is CC1CC(OCCCCCCCCCBr)CC(C)O1. The van der Waals surface area contributed by atoms with Crippen molar-refractivity contribution in [1.29, 1.82) is 0 Å². The van der Waals surface area contributed by atoms with E-state index in [1.807, 2.05) is 0 Å². The Morgan fingerprint density at radius 3 is 2.00 bits per heavy atom. The number of hydrogen-bond donors (Lipinski definition) is 0. The van der Waals surface area contributed by atoms with Gasteiger partial charge in [0.05, 0.1) is 18.3 Å². The number of hydrogen-bond acceptors (Lipinski definition) is 2. The molecule has 0 aromatic carbocycles. The van der Waals surface area contributed by atoms with Crippen molar-refractivity contribution in [2.24, 2.45) is 0 Å². The van der Waals surface area contributed by atoms with Crippen molar-refractivity contribution in [3.05, 3.63) is 0 Å². The molecule has 1 aliphatic rings. The summed E-state index contributed by atoms with van der Waals surface area (Å²) in [6.07, 6.45) is 12.7. The van der Waals surface area contributed by atoms with E-state index < -0.39 is 0 Å². The Labute approximate surface area is 127 Å². The predicted molar refractivity (Wildman–Crippen MR) is 85.1 cm³/mol. The van der Waals surface area contributed by atoms with Gasteiger partial charge in [-0.1, -0.05) is 48.0 Å². The Bertz CT molecular complexity index is 201. The van der Waals surface area contributed by atoms with Crippen LogP contribution in [0, 0.1) is 0 Å².